The summed E-state index contributed by atoms with van der Waals surface area (Å²) in [7, 11) is -7.89. The fourth-order valence-electron chi connectivity index (χ4n) is 4.08. The first-order valence-corrected chi connectivity index (χ1v) is 15.4. The molecule has 0 unspecified atom stereocenters. The zero-order valence-electron chi connectivity index (χ0n) is 21.1. The van der Waals surface area contributed by atoms with Crippen molar-refractivity contribution in [2.75, 3.05) is 20.9 Å². The molecule has 0 saturated carbocycles. The van der Waals surface area contributed by atoms with Crippen LogP contribution < -0.4 is 19.1 Å². The summed E-state index contributed by atoms with van der Waals surface area (Å²) in [5.41, 5.74) is 2.04. The number of anilines is 3. The molecule has 4 aromatic rings. The van der Waals surface area contributed by atoms with Crippen LogP contribution in [0.15, 0.2) is 107 Å². The Morgan fingerprint density at radius 1 is 0.825 bits per heavy atom. The fourth-order valence-corrected chi connectivity index (χ4v) is 6.74. The number of halogens is 1. The van der Waals surface area contributed by atoms with Crippen molar-refractivity contribution >= 4 is 54.6 Å². The highest BCUT2D eigenvalue weighted by atomic mass is 35.5. The lowest BCUT2D eigenvalue weighted by atomic mass is 10.2. The molecule has 0 spiro atoms. The predicted octanol–water partition coefficient (Wildman–Crippen LogP) is 5.04. The first-order valence-electron chi connectivity index (χ1n) is 12.1. The maximum atomic E-state index is 13.5. The Hall–Kier alpha value is -4.06. The third-order valence-electron chi connectivity index (χ3n) is 6.16. The van der Waals surface area contributed by atoms with Gasteiger partial charge in [0.05, 0.1) is 22.0 Å². The summed E-state index contributed by atoms with van der Waals surface area (Å²) in [5, 5.41) is 3.07. The SMILES string of the molecule is Cc1ccc(NS(=O)(=O)c2ccc(NC(=O)[C@@H]3CN(S(=O)(=O)c4ccc(Cl)cc4)c4ccccc4O3)cc2)cc1. The van der Waals surface area contributed by atoms with Crippen LogP contribution in [0.4, 0.5) is 17.1 Å². The second-order valence-electron chi connectivity index (χ2n) is 9.05. The van der Waals surface area contributed by atoms with E-state index in [1.165, 1.54) is 48.5 Å². The van der Waals surface area contributed by atoms with Crippen LogP contribution in [0.1, 0.15) is 5.56 Å². The van der Waals surface area contributed by atoms with Crippen LogP contribution in [-0.2, 0) is 24.8 Å². The molecule has 0 bridgehead atoms. The Balaban J connectivity index is 1.33. The summed E-state index contributed by atoms with van der Waals surface area (Å²) in [6.07, 6.45) is -1.18. The number of amides is 1. The summed E-state index contributed by atoms with van der Waals surface area (Å²) in [4.78, 5) is 13.2. The third kappa shape index (κ3) is 5.76. The van der Waals surface area contributed by atoms with Crippen LogP contribution in [0, 0.1) is 6.92 Å². The van der Waals surface area contributed by atoms with E-state index in [9.17, 15) is 21.6 Å². The molecule has 12 heteroatoms. The van der Waals surface area contributed by atoms with Gasteiger partial charge in [-0.1, -0.05) is 41.4 Å². The van der Waals surface area contributed by atoms with E-state index >= 15 is 0 Å². The Bertz CT molecular complexity index is 1760. The number of hydrogen-bond donors (Lipinski definition) is 2. The van der Waals surface area contributed by atoms with Crippen molar-refractivity contribution in [2.45, 2.75) is 22.8 Å². The highest BCUT2D eigenvalue weighted by molar-refractivity contribution is 7.93. The number of nitrogens with zero attached hydrogens (tertiary/aromatic N) is 1. The van der Waals surface area contributed by atoms with Gasteiger partial charge in [-0.25, -0.2) is 16.8 Å². The molecule has 1 atom stereocenters. The van der Waals surface area contributed by atoms with Crippen molar-refractivity contribution in [1.29, 1.82) is 0 Å². The summed E-state index contributed by atoms with van der Waals surface area (Å²) < 4.78 is 62.0. The molecular formula is C28H24ClN3O6S2. The number of sulfonamides is 2. The van der Waals surface area contributed by atoms with Crippen LogP contribution in [0.25, 0.3) is 0 Å². The molecule has 0 radical (unpaired) electrons. The molecule has 9 nitrogen and oxygen atoms in total. The van der Waals surface area contributed by atoms with Crippen molar-refractivity contribution in [3.8, 4) is 5.75 Å². The molecule has 0 aromatic heterocycles. The van der Waals surface area contributed by atoms with Crippen molar-refractivity contribution < 1.29 is 26.4 Å². The minimum absolute atomic E-state index is 0.00847. The topological polar surface area (TPSA) is 122 Å². The Labute approximate surface area is 237 Å². The van der Waals surface area contributed by atoms with Crippen LogP contribution in [0.3, 0.4) is 0 Å². The van der Waals surface area contributed by atoms with E-state index < -0.39 is 32.1 Å². The van der Waals surface area contributed by atoms with Crippen molar-refractivity contribution in [3.05, 3.63) is 108 Å². The van der Waals surface area contributed by atoms with E-state index in [4.69, 9.17) is 16.3 Å². The zero-order valence-corrected chi connectivity index (χ0v) is 23.5. The molecule has 2 N–H and O–H groups in total. The number of hydrogen-bond acceptors (Lipinski definition) is 6. The molecule has 1 aliphatic heterocycles. The summed E-state index contributed by atoms with van der Waals surface area (Å²) >= 11 is 5.93. The van der Waals surface area contributed by atoms with Crippen LogP contribution in [0.5, 0.6) is 5.75 Å². The smallest absolute Gasteiger partial charge is 0.267 e. The van der Waals surface area contributed by atoms with E-state index in [1.807, 2.05) is 6.92 Å². The molecule has 0 saturated heterocycles. The van der Waals surface area contributed by atoms with Crippen LogP contribution in [-0.4, -0.2) is 35.4 Å². The summed E-state index contributed by atoms with van der Waals surface area (Å²) in [6, 6.07) is 24.8. The van der Waals surface area contributed by atoms with Gasteiger partial charge >= 0.3 is 0 Å². The average Bonchev–Trinajstić information content (AvgIpc) is 2.94. The second-order valence-corrected chi connectivity index (χ2v) is 13.0. The van der Waals surface area contributed by atoms with E-state index in [0.29, 0.717) is 22.1 Å². The fraction of sp³-hybridized carbons (Fsp3) is 0.107. The minimum Gasteiger partial charge on any atom is -0.476 e. The van der Waals surface area contributed by atoms with Gasteiger partial charge in [0.15, 0.2) is 6.10 Å². The highest BCUT2D eigenvalue weighted by Gasteiger charge is 2.37. The monoisotopic (exact) mass is 597 g/mol. The lowest BCUT2D eigenvalue weighted by Gasteiger charge is -2.34. The summed E-state index contributed by atoms with van der Waals surface area (Å²) in [6.45, 7) is 1.62. The van der Waals surface area contributed by atoms with Gasteiger partial charge in [0.1, 0.15) is 5.75 Å². The van der Waals surface area contributed by atoms with E-state index in [2.05, 4.69) is 10.0 Å². The predicted molar refractivity (Wildman–Crippen MR) is 154 cm³/mol. The van der Waals surface area contributed by atoms with Gasteiger partial charge in [-0.3, -0.25) is 13.8 Å². The van der Waals surface area contributed by atoms with Crippen LogP contribution in [0.2, 0.25) is 5.02 Å². The number of ether oxygens (including phenoxy) is 1. The molecule has 1 amide bonds. The van der Waals surface area contributed by atoms with Crippen molar-refractivity contribution in [3.63, 3.8) is 0 Å². The third-order valence-corrected chi connectivity index (χ3v) is 9.61. The molecule has 206 valence electrons. The number of benzene rings is 4. The molecule has 1 heterocycles. The maximum Gasteiger partial charge on any atom is 0.267 e. The number of carbonyl (C=O) groups excluding carboxylic acids is 1. The number of nitrogens with one attached hydrogen (secondary N) is 2. The molecular weight excluding hydrogens is 574 g/mol. The van der Waals surface area contributed by atoms with Gasteiger partial charge in [0.25, 0.3) is 26.0 Å². The Morgan fingerprint density at radius 3 is 2.10 bits per heavy atom. The number of rotatable bonds is 7. The second kappa shape index (κ2) is 10.8. The van der Waals surface area contributed by atoms with Gasteiger partial charge in [0.2, 0.25) is 0 Å². The maximum absolute atomic E-state index is 13.5. The molecule has 5 rings (SSSR count). The highest BCUT2D eigenvalue weighted by Crippen LogP contribution is 2.37. The zero-order chi connectivity index (χ0) is 28.5. The number of carbonyl (C=O) groups is 1. The Morgan fingerprint density at radius 2 is 1.43 bits per heavy atom. The van der Waals surface area contributed by atoms with Gasteiger partial charge < -0.3 is 10.1 Å². The van der Waals surface area contributed by atoms with Crippen molar-refractivity contribution in [2.24, 2.45) is 0 Å². The number of aryl methyl sites for hydroxylation is 1. The van der Waals surface area contributed by atoms with Crippen molar-refractivity contribution in [1.82, 2.24) is 0 Å². The lowest BCUT2D eigenvalue weighted by Crippen LogP contribution is -2.48. The standard InChI is InChI=1S/C28H24ClN3O6S2/c1-19-6-10-22(11-7-19)31-39(34,35)23-16-12-21(13-17-23)30-28(33)27-18-32(25-4-2-3-5-26(25)38-27)40(36,37)24-14-8-20(29)9-15-24/h2-17,27,31H,18H2,1H3,(H,30,33)/t27-/m0/s1. The number of fused-ring (bicyclic) bond motifs is 1. The minimum atomic E-state index is -4.04. The van der Waals surface area contributed by atoms with Gasteiger partial charge in [-0.2, -0.15) is 0 Å². The summed E-state index contributed by atoms with van der Waals surface area (Å²) in [5.74, 6) is -0.366. The van der Waals surface area contributed by atoms with E-state index in [0.717, 1.165) is 9.87 Å². The largest absolute Gasteiger partial charge is 0.476 e. The van der Waals surface area contributed by atoms with Crippen LogP contribution >= 0.6 is 11.6 Å². The first-order chi connectivity index (χ1) is 19.0. The molecule has 0 fully saturated rings. The van der Waals surface area contributed by atoms with E-state index in [-0.39, 0.29) is 22.1 Å². The van der Waals surface area contributed by atoms with E-state index in [1.54, 1.807) is 48.5 Å². The normalized spacial score (nSPS) is 15.1. The molecule has 1 aliphatic rings. The number of para-hydroxylation sites is 2. The van der Waals surface area contributed by atoms with Gasteiger partial charge in [-0.05, 0) is 79.7 Å². The molecule has 0 aliphatic carbocycles. The Kier molecular flexibility index (Phi) is 7.45. The first kappa shape index (κ1) is 27.5. The molecule has 40 heavy (non-hydrogen) atoms. The quantitative estimate of drug-likeness (QED) is 0.308. The lowest BCUT2D eigenvalue weighted by molar-refractivity contribution is -0.122. The van der Waals surface area contributed by atoms with Gasteiger partial charge in [-0.15, -0.1) is 0 Å². The van der Waals surface area contributed by atoms with Gasteiger partial charge in [0, 0.05) is 16.4 Å². The molecule has 4 aromatic carbocycles. The average molecular weight is 598 g/mol.